The van der Waals surface area contributed by atoms with Crippen molar-refractivity contribution in [1.29, 1.82) is 0 Å². The van der Waals surface area contributed by atoms with Gasteiger partial charge in [0.2, 0.25) is 0 Å². The largest absolute Gasteiger partial charge is 0.316 e. The van der Waals surface area contributed by atoms with Gasteiger partial charge in [0.25, 0.3) is 0 Å². The summed E-state index contributed by atoms with van der Waals surface area (Å²) in [5.74, 6) is 3.31. The molecule has 0 spiro atoms. The second-order valence-corrected chi connectivity index (χ2v) is 7.23. The summed E-state index contributed by atoms with van der Waals surface area (Å²) in [5, 5.41) is 3.55. The Morgan fingerprint density at radius 3 is 2.55 bits per heavy atom. The molecule has 20 heavy (non-hydrogen) atoms. The van der Waals surface area contributed by atoms with Crippen molar-refractivity contribution in [2.75, 3.05) is 37.7 Å². The predicted octanol–water partition coefficient (Wildman–Crippen LogP) is 3.02. The number of hydrogen-bond acceptors (Lipinski definition) is 3. The van der Waals surface area contributed by atoms with Crippen LogP contribution in [0, 0.1) is 5.92 Å². The molecule has 1 aliphatic rings. The summed E-state index contributed by atoms with van der Waals surface area (Å²) in [7, 11) is 0. The van der Waals surface area contributed by atoms with Crippen LogP contribution in [0.5, 0.6) is 0 Å². The lowest BCUT2D eigenvalue weighted by molar-refractivity contribution is 0.293. The van der Waals surface area contributed by atoms with Gasteiger partial charge in [-0.2, -0.15) is 11.8 Å². The third-order valence-electron chi connectivity index (χ3n) is 3.74. The van der Waals surface area contributed by atoms with E-state index in [2.05, 4.69) is 60.1 Å². The number of hydrogen-bond donors (Lipinski definition) is 1. The zero-order chi connectivity index (χ0) is 14.2. The van der Waals surface area contributed by atoms with Crippen molar-refractivity contribution < 1.29 is 0 Å². The molecule has 1 fully saturated rings. The van der Waals surface area contributed by atoms with Gasteiger partial charge in [0.05, 0.1) is 0 Å². The van der Waals surface area contributed by atoms with Crippen LogP contribution in [0.2, 0.25) is 0 Å². The first-order chi connectivity index (χ1) is 9.75. The molecular weight excluding hydrogens is 264 g/mol. The number of nitrogens with one attached hydrogen (secondary N) is 1. The highest BCUT2D eigenvalue weighted by atomic mass is 32.2. The quantitative estimate of drug-likeness (QED) is 0.778. The molecule has 1 saturated heterocycles. The molecular formula is C17H28N2S. The molecule has 1 aromatic carbocycles. The molecule has 0 amide bonds. The van der Waals surface area contributed by atoms with Gasteiger partial charge in [-0.1, -0.05) is 38.1 Å². The molecule has 0 atom stereocenters. The molecule has 0 saturated carbocycles. The Balaban J connectivity index is 1.85. The molecule has 0 aliphatic carbocycles. The maximum Gasteiger partial charge on any atom is 0.0237 e. The zero-order valence-corrected chi connectivity index (χ0v) is 13.7. The van der Waals surface area contributed by atoms with Gasteiger partial charge in [-0.15, -0.1) is 0 Å². The SMILES string of the molecule is CC(C)CNCCc1ccccc1CN1CCSCC1. The Morgan fingerprint density at radius 2 is 1.85 bits per heavy atom. The van der Waals surface area contributed by atoms with Gasteiger partial charge in [0, 0.05) is 31.1 Å². The van der Waals surface area contributed by atoms with Gasteiger partial charge in [0.15, 0.2) is 0 Å². The predicted molar refractivity (Wildman–Crippen MR) is 90.5 cm³/mol. The molecule has 2 nitrogen and oxygen atoms in total. The van der Waals surface area contributed by atoms with Crippen molar-refractivity contribution in [2.45, 2.75) is 26.8 Å². The molecule has 1 aromatic rings. The highest BCUT2D eigenvalue weighted by molar-refractivity contribution is 7.99. The van der Waals surface area contributed by atoms with Crippen LogP contribution in [-0.2, 0) is 13.0 Å². The van der Waals surface area contributed by atoms with Crippen molar-refractivity contribution in [1.82, 2.24) is 10.2 Å². The van der Waals surface area contributed by atoms with Crippen LogP contribution >= 0.6 is 11.8 Å². The van der Waals surface area contributed by atoms with Crippen molar-refractivity contribution >= 4 is 11.8 Å². The number of benzene rings is 1. The van der Waals surface area contributed by atoms with Crippen LogP contribution in [-0.4, -0.2) is 42.6 Å². The fourth-order valence-electron chi connectivity index (χ4n) is 2.57. The molecule has 112 valence electrons. The fourth-order valence-corrected chi connectivity index (χ4v) is 3.55. The number of thioether (sulfide) groups is 1. The minimum Gasteiger partial charge on any atom is -0.316 e. The average molecular weight is 292 g/mol. The summed E-state index contributed by atoms with van der Waals surface area (Å²) in [6.45, 7) is 10.3. The fraction of sp³-hybridized carbons (Fsp3) is 0.647. The van der Waals surface area contributed by atoms with Crippen LogP contribution in [0.1, 0.15) is 25.0 Å². The van der Waals surface area contributed by atoms with Gasteiger partial charge < -0.3 is 5.32 Å². The minimum atomic E-state index is 0.732. The second-order valence-electron chi connectivity index (χ2n) is 6.01. The highest BCUT2D eigenvalue weighted by Crippen LogP contribution is 2.16. The topological polar surface area (TPSA) is 15.3 Å². The summed E-state index contributed by atoms with van der Waals surface area (Å²) in [5.41, 5.74) is 3.03. The molecule has 3 heteroatoms. The van der Waals surface area contributed by atoms with Crippen LogP contribution < -0.4 is 5.32 Å². The van der Waals surface area contributed by atoms with E-state index in [1.54, 1.807) is 0 Å². The van der Waals surface area contributed by atoms with Crippen molar-refractivity contribution in [3.8, 4) is 0 Å². The number of nitrogens with zero attached hydrogens (tertiary/aromatic N) is 1. The van der Waals surface area contributed by atoms with E-state index < -0.39 is 0 Å². The van der Waals surface area contributed by atoms with E-state index in [0.29, 0.717) is 0 Å². The van der Waals surface area contributed by atoms with Gasteiger partial charge in [0.1, 0.15) is 0 Å². The van der Waals surface area contributed by atoms with E-state index >= 15 is 0 Å². The third-order valence-corrected chi connectivity index (χ3v) is 4.68. The Kier molecular flexibility index (Phi) is 6.91. The minimum absolute atomic E-state index is 0.732. The Hall–Kier alpha value is -0.510. The molecule has 1 N–H and O–H groups in total. The molecule has 1 aliphatic heterocycles. The van der Waals surface area contributed by atoms with Gasteiger partial charge in [-0.25, -0.2) is 0 Å². The summed E-state index contributed by atoms with van der Waals surface area (Å²) >= 11 is 2.08. The highest BCUT2D eigenvalue weighted by Gasteiger charge is 2.12. The maximum absolute atomic E-state index is 3.55. The number of rotatable bonds is 7. The van der Waals surface area contributed by atoms with Crippen molar-refractivity contribution in [2.24, 2.45) is 5.92 Å². The lowest BCUT2D eigenvalue weighted by Crippen LogP contribution is -2.32. The van der Waals surface area contributed by atoms with Crippen LogP contribution in [0.4, 0.5) is 0 Å². The first-order valence-electron chi connectivity index (χ1n) is 7.83. The first-order valence-corrected chi connectivity index (χ1v) is 8.99. The van der Waals surface area contributed by atoms with E-state index in [9.17, 15) is 0 Å². The molecule has 2 rings (SSSR count). The lowest BCUT2D eigenvalue weighted by atomic mass is 10.0. The summed E-state index contributed by atoms with van der Waals surface area (Å²) in [6, 6.07) is 8.96. The van der Waals surface area contributed by atoms with E-state index in [0.717, 1.165) is 32.0 Å². The van der Waals surface area contributed by atoms with E-state index in [-0.39, 0.29) is 0 Å². The maximum atomic E-state index is 3.55. The molecule has 1 heterocycles. The summed E-state index contributed by atoms with van der Waals surface area (Å²) in [6.07, 6.45) is 1.14. The van der Waals surface area contributed by atoms with Gasteiger partial charge in [-0.3, -0.25) is 4.90 Å². The first kappa shape index (κ1) is 15.9. The molecule has 0 unspecified atom stereocenters. The molecule has 0 aromatic heterocycles. The van der Waals surface area contributed by atoms with E-state index in [4.69, 9.17) is 0 Å². The average Bonchev–Trinajstić information content (AvgIpc) is 2.46. The summed E-state index contributed by atoms with van der Waals surface area (Å²) in [4.78, 5) is 2.59. The normalized spacial score (nSPS) is 16.8. The monoisotopic (exact) mass is 292 g/mol. The third kappa shape index (κ3) is 5.47. The second kappa shape index (κ2) is 8.71. The van der Waals surface area contributed by atoms with Gasteiger partial charge >= 0.3 is 0 Å². The smallest absolute Gasteiger partial charge is 0.0237 e. The molecule has 0 radical (unpaired) electrons. The lowest BCUT2D eigenvalue weighted by Gasteiger charge is -2.27. The zero-order valence-electron chi connectivity index (χ0n) is 12.9. The summed E-state index contributed by atoms with van der Waals surface area (Å²) < 4.78 is 0. The van der Waals surface area contributed by atoms with E-state index in [1.807, 2.05) is 0 Å². The van der Waals surface area contributed by atoms with Crippen LogP contribution in [0.3, 0.4) is 0 Å². The Morgan fingerprint density at radius 1 is 1.15 bits per heavy atom. The van der Waals surface area contributed by atoms with Crippen molar-refractivity contribution in [3.05, 3.63) is 35.4 Å². The Labute approximate surface area is 128 Å². The standard InChI is InChI=1S/C17H28N2S/c1-15(2)13-18-8-7-16-5-3-4-6-17(16)14-19-9-11-20-12-10-19/h3-6,15,18H,7-14H2,1-2H3. The van der Waals surface area contributed by atoms with E-state index in [1.165, 1.54) is 35.7 Å². The van der Waals surface area contributed by atoms with Crippen LogP contribution in [0.15, 0.2) is 24.3 Å². The van der Waals surface area contributed by atoms with Gasteiger partial charge in [-0.05, 0) is 36.6 Å². The Bertz CT molecular complexity index is 386. The van der Waals surface area contributed by atoms with Crippen LogP contribution in [0.25, 0.3) is 0 Å². The molecule has 0 bridgehead atoms. The van der Waals surface area contributed by atoms with Crippen molar-refractivity contribution in [3.63, 3.8) is 0 Å².